The van der Waals surface area contributed by atoms with Gasteiger partial charge >= 0.3 is 0 Å². The summed E-state index contributed by atoms with van der Waals surface area (Å²) >= 11 is 3.29. The highest BCUT2D eigenvalue weighted by molar-refractivity contribution is 9.09. The molecule has 0 radical (unpaired) electrons. The second kappa shape index (κ2) is 6.49. The molecule has 1 N–H and O–H groups in total. The van der Waals surface area contributed by atoms with E-state index >= 15 is 0 Å². The minimum Gasteiger partial charge on any atom is -0.349 e. The van der Waals surface area contributed by atoms with Gasteiger partial charge in [-0.15, -0.1) is 0 Å². The third kappa shape index (κ3) is 3.53. The van der Waals surface area contributed by atoms with Gasteiger partial charge < -0.3 is 5.32 Å². The number of halogens is 1. The monoisotopic (exact) mass is 314 g/mol. The lowest BCUT2D eigenvalue weighted by Gasteiger charge is -2.12. The molecule has 0 aliphatic heterocycles. The molecule has 18 heavy (non-hydrogen) atoms. The molecule has 0 heterocycles. The van der Waals surface area contributed by atoms with E-state index in [9.17, 15) is 14.9 Å². The Bertz CT molecular complexity index is 463. The second-order valence-electron chi connectivity index (χ2n) is 4.08. The first-order valence-electron chi connectivity index (χ1n) is 5.58. The summed E-state index contributed by atoms with van der Waals surface area (Å²) in [5, 5.41) is 14.5. The summed E-state index contributed by atoms with van der Waals surface area (Å²) in [4.78, 5) is 22.4. The summed E-state index contributed by atoms with van der Waals surface area (Å²) < 4.78 is 0. The van der Waals surface area contributed by atoms with Gasteiger partial charge in [-0.3, -0.25) is 14.9 Å². The van der Waals surface area contributed by atoms with E-state index in [4.69, 9.17) is 0 Å². The molecule has 1 unspecified atom stereocenters. The van der Waals surface area contributed by atoms with E-state index in [0.717, 1.165) is 11.8 Å². The number of nitro benzene ring substituents is 1. The standard InChI is InChI=1S/C12H15BrN2O3/c1-8-4-3-5-10(11(8)15(17)18)12(16)14-9(2)6-7-13/h3-5,9H,6-7H2,1-2H3,(H,14,16). The number of nitrogens with zero attached hydrogens (tertiary/aromatic N) is 1. The third-order valence-corrected chi connectivity index (χ3v) is 3.04. The van der Waals surface area contributed by atoms with Gasteiger partial charge in [-0.2, -0.15) is 0 Å². The predicted octanol–water partition coefficient (Wildman–Crippen LogP) is 2.81. The van der Waals surface area contributed by atoms with Gasteiger partial charge in [-0.1, -0.05) is 28.1 Å². The molecular weight excluding hydrogens is 300 g/mol. The molecule has 0 fully saturated rings. The van der Waals surface area contributed by atoms with Crippen molar-refractivity contribution in [2.24, 2.45) is 0 Å². The van der Waals surface area contributed by atoms with Crippen LogP contribution in [-0.4, -0.2) is 22.2 Å². The van der Waals surface area contributed by atoms with Crippen molar-refractivity contribution in [2.75, 3.05) is 5.33 Å². The second-order valence-corrected chi connectivity index (χ2v) is 4.87. The molecular formula is C12H15BrN2O3. The van der Waals surface area contributed by atoms with E-state index < -0.39 is 10.8 Å². The first-order chi connectivity index (χ1) is 8.47. The average molecular weight is 315 g/mol. The summed E-state index contributed by atoms with van der Waals surface area (Å²) in [5.74, 6) is -0.404. The molecule has 1 atom stereocenters. The van der Waals surface area contributed by atoms with Crippen LogP contribution in [0.5, 0.6) is 0 Å². The minimum absolute atomic E-state index is 0.0306. The van der Waals surface area contributed by atoms with Crippen LogP contribution in [0.15, 0.2) is 18.2 Å². The molecule has 0 aliphatic carbocycles. The molecule has 6 heteroatoms. The number of rotatable bonds is 5. The van der Waals surface area contributed by atoms with Crippen molar-refractivity contribution in [1.82, 2.24) is 5.32 Å². The smallest absolute Gasteiger partial charge is 0.285 e. The Morgan fingerprint density at radius 3 is 2.78 bits per heavy atom. The Morgan fingerprint density at radius 2 is 2.22 bits per heavy atom. The van der Waals surface area contributed by atoms with Crippen LogP contribution >= 0.6 is 15.9 Å². The largest absolute Gasteiger partial charge is 0.349 e. The number of nitro groups is 1. The van der Waals surface area contributed by atoms with Crippen molar-refractivity contribution < 1.29 is 9.72 Å². The normalized spacial score (nSPS) is 11.9. The molecule has 0 saturated carbocycles. The number of benzene rings is 1. The highest BCUT2D eigenvalue weighted by Crippen LogP contribution is 2.23. The quantitative estimate of drug-likeness (QED) is 0.516. The molecule has 0 aliphatic rings. The van der Waals surface area contributed by atoms with E-state index in [1.165, 1.54) is 6.07 Å². The van der Waals surface area contributed by atoms with E-state index in [1.807, 2.05) is 6.92 Å². The average Bonchev–Trinajstić information content (AvgIpc) is 2.28. The molecule has 98 valence electrons. The van der Waals surface area contributed by atoms with Crippen LogP contribution in [0, 0.1) is 17.0 Å². The maximum Gasteiger partial charge on any atom is 0.285 e. The summed E-state index contributed by atoms with van der Waals surface area (Å²) in [6, 6.07) is 4.71. The molecule has 0 aromatic heterocycles. The molecule has 0 saturated heterocycles. The molecule has 0 bridgehead atoms. The first-order valence-corrected chi connectivity index (χ1v) is 6.70. The molecule has 1 amide bonds. The van der Waals surface area contributed by atoms with Crippen LogP contribution in [0.3, 0.4) is 0 Å². The number of nitrogens with one attached hydrogen (secondary N) is 1. The fourth-order valence-corrected chi connectivity index (χ4v) is 2.31. The number of carbonyl (C=O) groups excluding carboxylic acids is 1. The Hall–Kier alpha value is -1.43. The van der Waals surface area contributed by atoms with Crippen molar-refractivity contribution in [3.63, 3.8) is 0 Å². The lowest BCUT2D eigenvalue weighted by atomic mass is 10.1. The number of amides is 1. The zero-order chi connectivity index (χ0) is 13.7. The molecule has 1 rings (SSSR count). The number of para-hydroxylation sites is 1. The van der Waals surface area contributed by atoms with Crippen LogP contribution in [0.25, 0.3) is 0 Å². The summed E-state index contributed by atoms with van der Waals surface area (Å²) in [5.41, 5.74) is 0.475. The van der Waals surface area contributed by atoms with Crippen LogP contribution in [-0.2, 0) is 0 Å². The van der Waals surface area contributed by atoms with Gasteiger partial charge in [0.05, 0.1) is 4.92 Å². The van der Waals surface area contributed by atoms with E-state index in [0.29, 0.717) is 5.56 Å². The predicted molar refractivity (Wildman–Crippen MR) is 73.2 cm³/mol. The Morgan fingerprint density at radius 1 is 1.56 bits per heavy atom. The summed E-state index contributed by atoms with van der Waals surface area (Å²) in [6.45, 7) is 3.48. The molecule has 1 aromatic carbocycles. The lowest BCUT2D eigenvalue weighted by Crippen LogP contribution is -2.33. The van der Waals surface area contributed by atoms with E-state index in [2.05, 4.69) is 21.2 Å². The Kier molecular flexibility index (Phi) is 5.27. The molecule has 5 nitrogen and oxygen atoms in total. The minimum atomic E-state index is -0.514. The van der Waals surface area contributed by atoms with Crippen LogP contribution in [0.1, 0.15) is 29.3 Å². The Labute approximate surface area is 114 Å². The Balaban J connectivity index is 2.99. The van der Waals surface area contributed by atoms with Crippen LogP contribution in [0.2, 0.25) is 0 Å². The zero-order valence-electron chi connectivity index (χ0n) is 10.3. The molecule has 1 aromatic rings. The van der Waals surface area contributed by atoms with E-state index in [-0.39, 0.29) is 17.3 Å². The number of hydrogen-bond donors (Lipinski definition) is 1. The number of carbonyl (C=O) groups is 1. The summed E-state index contributed by atoms with van der Waals surface area (Å²) in [6.07, 6.45) is 0.769. The highest BCUT2D eigenvalue weighted by atomic mass is 79.9. The van der Waals surface area contributed by atoms with Crippen molar-refractivity contribution >= 4 is 27.5 Å². The topological polar surface area (TPSA) is 72.2 Å². The van der Waals surface area contributed by atoms with Crippen molar-refractivity contribution in [1.29, 1.82) is 0 Å². The van der Waals surface area contributed by atoms with Crippen molar-refractivity contribution in [3.05, 3.63) is 39.4 Å². The van der Waals surface area contributed by atoms with Gasteiger partial charge in [-0.05, 0) is 26.3 Å². The summed E-state index contributed by atoms with van der Waals surface area (Å²) in [7, 11) is 0. The van der Waals surface area contributed by atoms with E-state index in [1.54, 1.807) is 19.1 Å². The van der Waals surface area contributed by atoms with Gasteiger partial charge in [0.1, 0.15) is 5.56 Å². The maximum atomic E-state index is 12.0. The van der Waals surface area contributed by atoms with Gasteiger partial charge in [0.15, 0.2) is 0 Å². The van der Waals surface area contributed by atoms with Crippen molar-refractivity contribution in [3.8, 4) is 0 Å². The zero-order valence-corrected chi connectivity index (χ0v) is 11.9. The fourth-order valence-electron chi connectivity index (χ4n) is 1.62. The number of alkyl halides is 1. The van der Waals surface area contributed by atoms with Crippen LogP contribution < -0.4 is 5.32 Å². The number of aryl methyl sites for hydroxylation is 1. The third-order valence-electron chi connectivity index (χ3n) is 2.58. The first kappa shape index (κ1) is 14.6. The SMILES string of the molecule is Cc1cccc(C(=O)NC(C)CCBr)c1[N+](=O)[O-]. The van der Waals surface area contributed by atoms with Gasteiger partial charge in [-0.25, -0.2) is 0 Å². The van der Waals surface area contributed by atoms with Crippen molar-refractivity contribution in [2.45, 2.75) is 26.3 Å². The lowest BCUT2D eigenvalue weighted by molar-refractivity contribution is -0.385. The fraction of sp³-hybridized carbons (Fsp3) is 0.417. The number of hydrogen-bond acceptors (Lipinski definition) is 3. The van der Waals surface area contributed by atoms with Gasteiger partial charge in [0.25, 0.3) is 11.6 Å². The van der Waals surface area contributed by atoms with Gasteiger partial charge in [0, 0.05) is 16.9 Å². The molecule has 0 spiro atoms. The highest BCUT2D eigenvalue weighted by Gasteiger charge is 2.22. The van der Waals surface area contributed by atoms with Crippen LogP contribution in [0.4, 0.5) is 5.69 Å². The maximum absolute atomic E-state index is 12.0. The van der Waals surface area contributed by atoms with Gasteiger partial charge in [0.2, 0.25) is 0 Å².